The number of rotatable bonds is 20. The molecule has 1 saturated heterocycles. The summed E-state index contributed by atoms with van der Waals surface area (Å²) >= 11 is 3.02. The molecule has 11 heteroatoms. The highest BCUT2D eigenvalue weighted by Gasteiger charge is 2.48. The standard InChI is InChI=1S/C51H50F3NO5S2/c52-51(53,54)49(56)55-45(48-61-32-19-33-62-48)47(59-36-40-24-11-3-12-25-40)46(58-35-39-22-9-2-10-23-39)44(57-34-38-20-7-1-8-21-38)37-60-50(41-26-13-4-14-27-41,42-28-15-5-16-29-42)43-30-17-6-18-31-43/h1-18,20-31,44-48H,19,32-37H2,(H,55,56)/t44-,45-,46-,47-/m1/s1. The number of ether oxygens (including phenoxy) is 4. The molecule has 1 heterocycles. The molecule has 0 spiro atoms. The molecule has 1 aliphatic rings. The van der Waals surface area contributed by atoms with Crippen LogP contribution in [0.4, 0.5) is 13.2 Å². The van der Waals surface area contributed by atoms with Crippen LogP contribution in [-0.2, 0) is 49.2 Å². The molecule has 0 bridgehead atoms. The summed E-state index contributed by atoms with van der Waals surface area (Å²) in [6.07, 6.45) is -7.45. The van der Waals surface area contributed by atoms with Crippen molar-refractivity contribution in [3.8, 4) is 0 Å². The molecule has 62 heavy (non-hydrogen) atoms. The van der Waals surface area contributed by atoms with E-state index in [-0.39, 0.29) is 26.4 Å². The molecule has 6 nitrogen and oxygen atoms in total. The Morgan fingerprint density at radius 2 is 0.919 bits per heavy atom. The predicted molar refractivity (Wildman–Crippen MR) is 242 cm³/mol. The van der Waals surface area contributed by atoms with Crippen LogP contribution in [0.2, 0.25) is 0 Å². The van der Waals surface area contributed by atoms with E-state index in [1.807, 2.05) is 182 Å². The molecule has 0 aliphatic carbocycles. The topological polar surface area (TPSA) is 66.0 Å². The van der Waals surface area contributed by atoms with Crippen LogP contribution in [0.15, 0.2) is 182 Å². The van der Waals surface area contributed by atoms with Crippen molar-refractivity contribution in [2.75, 3.05) is 18.1 Å². The van der Waals surface area contributed by atoms with Crippen molar-refractivity contribution in [1.29, 1.82) is 0 Å². The van der Waals surface area contributed by atoms with Gasteiger partial charge in [0.05, 0.1) is 37.1 Å². The molecule has 1 amide bonds. The Kier molecular flexibility index (Phi) is 16.4. The Bertz CT molecular complexity index is 2110. The summed E-state index contributed by atoms with van der Waals surface area (Å²) in [4.78, 5) is 13.1. The monoisotopic (exact) mass is 877 g/mol. The molecular weight excluding hydrogens is 828 g/mol. The Labute approximate surface area is 370 Å². The SMILES string of the molecule is O=C(N[C@@H](C1SCCCS1)[C@@H](OCc1ccccc1)[C@H](OCc1ccccc1)[C@@H](COC(c1ccccc1)(c1ccccc1)c1ccccc1)OCc1ccccc1)C(F)(F)F. The number of benzene rings is 6. The molecule has 0 aromatic heterocycles. The minimum Gasteiger partial charge on any atom is -0.369 e. The fourth-order valence-electron chi connectivity index (χ4n) is 7.59. The van der Waals surface area contributed by atoms with Crippen LogP contribution < -0.4 is 5.32 Å². The molecule has 6 aromatic carbocycles. The zero-order valence-corrected chi connectivity index (χ0v) is 35.8. The number of amides is 1. The lowest BCUT2D eigenvalue weighted by molar-refractivity contribution is -0.188. The zero-order valence-electron chi connectivity index (χ0n) is 34.1. The van der Waals surface area contributed by atoms with E-state index < -0.39 is 46.6 Å². The van der Waals surface area contributed by atoms with Gasteiger partial charge in [0, 0.05) is 0 Å². The van der Waals surface area contributed by atoms with E-state index in [9.17, 15) is 18.0 Å². The third-order valence-corrected chi connectivity index (χ3v) is 13.7. The smallest absolute Gasteiger partial charge is 0.369 e. The van der Waals surface area contributed by atoms with Gasteiger partial charge in [0.1, 0.15) is 23.9 Å². The van der Waals surface area contributed by atoms with Gasteiger partial charge >= 0.3 is 12.1 Å². The Hall–Kier alpha value is -4.88. The third kappa shape index (κ3) is 12.0. The first kappa shape index (κ1) is 45.2. The molecule has 4 atom stereocenters. The van der Waals surface area contributed by atoms with E-state index in [0.29, 0.717) is 11.5 Å². The van der Waals surface area contributed by atoms with Crippen LogP contribution in [0, 0.1) is 0 Å². The lowest BCUT2D eigenvalue weighted by Crippen LogP contribution is -2.60. The Morgan fingerprint density at radius 1 is 0.548 bits per heavy atom. The summed E-state index contributed by atoms with van der Waals surface area (Å²) < 4.78 is 70.7. The van der Waals surface area contributed by atoms with Gasteiger partial charge in [-0.2, -0.15) is 13.2 Å². The summed E-state index contributed by atoms with van der Waals surface area (Å²) in [5.74, 6) is -0.623. The van der Waals surface area contributed by atoms with Gasteiger partial charge in [-0.3, -0.25) is 4.79 Å². The highest BCUT2D eigenvalue weighted by Crippen LogP contribution is 2.42. The number of alkyl halides is 3. The zero-order chi connectivity index (χ0) is 43.0. The lowest BCUT2D eigenvalue weighted by atomic mass is 9.80. The van der Waals surface area contributed by atoms with E-state index in [0.717, 1.165) is 39.8 Å². The van der Waals surface area contributed by atoms with Crippen LogP contribution in [0.3, 0.4) is 0 Å². The maximum absolute atomic E-state index is 14.3. The minimum atomic E-state index is -5.14. The molecule has 1 fully saturated rings. The van der Waals surface area contributed by atoms with Crippen molar-refractivity contribution in [2.24, 2.45) is 0 Å². The summed E-state index contributed by atoms with van der Waals surface area (Å²) in [5.41, 5.74) is 3.95. The van der Waals surface area contributed by atoms with E-state index in [1.54, 1.807) is 0 Å². The maximum Gasteiger partial charge on any atom is 0.471 e. The average molecular weight is 878 g/mol. The second-order valence-corrected chi connectivity index (χ2v) is 17.7. The van der Waals surface area contributed by atoms with Gasteiger partial charge in [0.15, 0.2) is 0 Å². The van der Waals surface area contributed by atoms with Gasteiger partial charge < -0.3 is 24.3 Å². The second kappa shape index (κ2) is 22.5. The van der Waals surface area contributed by atoms with Crippen molar-refractivity contribution >= 4 is 29.4 Å². The van der Waals surface area contributed by atoms with Crippen LogP contribution >= 0.6 is 23.5 Å². The first-order valence-electron chi connectivity index (χ1n) is 20.7. The summed E-state index contributed by atoms with van der Waals surface area (Å²) in [7, 11) is 0. The highest BCUT2D eigenvalue weighted by molar-refractivity contribution is 8.17. The lowest BCUT2D eigenvalue weighted by Gasteiger charge is -2.43. The minimum absolute atomic E-state index is 0.0331. The fraction of sp³-hybridized carbons (Fsp3) is 0.275. The number of hydrogen-bond donors (Lipinski definition) is 1. The van der Waals surface area contributed by atoms with Crippen LogP contribution in [0.5, 0.6) is 0 Å². The first-order valence-corrected chi connectivity index (χ1v) is 22.8. The largest absolute Gasteiger partial charge is 0.471 e. The van der Waals surface area contributed by atoms with E-state index in [4.69, 9.17) is 18.9 Å². The Balaban J connectivity index is 1.38. The fourth-order valence-corrected chi connectivity index (χ4v) is 10.7. The molecule has 1 aliphatic heterocycles. The van der Waals surface area contributed by atoms with Gasteiger partial charge in [0.2, 0.25) is 0 Å². The molecule has 6 aromatic rings. The molecule has 0 radical (unpaired) electrons. The van der Waals surface area contributed by atoms with Crippen molar-refractivity contribution < 1.29 is 36.9 Å². The molecule has 1 N–H and O–H groups in total. The van der Waals surface area contributed by atoms with Crippen molar-refractivity contribution in [3.63, 3.8) is 0 Å². The summed E-state index contributed by atoms with van der Waals surface area (Å²) in [6, 6.07) is 57.3. The first-order chi connectivity index (χ1) is 30.3. The van der Waals surface area contributed by atoms with Gasteiger partial charge in [-0.25, -0.2) is 0 Å². The van der Waals surface area contributed by atoms with Gasteiger partial charge in [-0.05, 0) is 51.3 Å². The van der Waals surface area contributed by atoms with E-state index in [2.05, 4.69) is 5.32 Å². The van der Waals surface area contributed by atoms with Crippen molar-refractivity contribution in [3.05, 3.63) is 215 Å². The molecule has 322 valence electrons. The number of hydrogen-bond acceptors (Lipinski definition) is 7. The van der Waals surface area contributed by atoms with Crippen LogP contribution in [-0.4, -0.2) is 59.1 Å². The number of thioether (sulfide) groups is 2. The van der Waals surface area contributed by atoms with Gasteiger partial charge in [0.25, 0.3) is 0 Å². The van der Waals surface area contributed by atoms with Gasteiger partial charge in [-0.1, -0.05) is 182 Å². The second-order valence-electron chi connectivity index (χ2n) is 14.9. The maximum atomic E-state index is 14.3. The number of nitrogens with one attached hydrogen (secondary N) is 1. The third-order valence-electron chi connectivity index (χ3n) is 10.6. The normalized spacial score (nSPS) is 15.6. The van der Waals surface area contributed by atoms with Gasteiger partial charge in [-0.15, -0.1) is 23.5 Å². The molecule has 7 rings (SSSR count). The summed E-state index contributed by atoms with van der Waals surface area (Å²) in [6.45, 7) is 0.146. The molecule has 0 saturated carbocycles. The van der Waals surface area contributed by atoms with E-state index in [1.165, 1.54) is 23.5 Å². The highest BCUT2D eigenvalue weighted by atomic mass is 32.2. The average Bonchev–Trinajstić information content (AvgIpc) is 3.32. The number of halogens is 3. The quantitative estimate of drug-likeness (QED) is 0.0767. The summed E-state index contributed by atoms with van der Waals surface area (Å²) in [5, 5.41) is 2.41. The Morgan fingerprint density at radius 3 is 1.32 bits per heavy atom. The molecular formula is C51H50F3NO5S2. The number of carbonyl (C=O) groups excluding carboxylic acids is 1. The van der Waals surface area contributed by atoms with Crippen LogP contribution in [0.25, 0.3) is 0 Å². The number of carbonyl (C=O) groups is 1. The van der Waals surface area contributed by atoms with Crippen molar-refractivity contribution in [1.82, 2.24) is 5.32 Å². The van der Waals surface area contributed by atoms with Crippen LogP contribution in [0.1, 0.15) is 39.8 Å². The molecule has 0 unspecified atom stereocenters. The van der Waals surface area contributed by atoms with E-state index >= 15 is 0 Å². The predicted octanol–water partition coefficient (Wildman–Crippen LogP) is 11.0. The van der Waals surface area contributed by atoms with Crippen molar-refractivity contribution in [2.45, 2.75) is 67.0 Å².